The average molecular weight is 707 g/mol. The van der Waals surface area contributed by atoms with Gasteiger partial charge in [-0.2, -0.15) is 0 Å². The third kappa shape index (κ3) is 10.2. The van der Waals surface area contributed by atoms with Crippen molar-refractivity contribution in [3.8, 4) is 0 Å². The number of carboxylic acid groups (broad SMARTS) is 1. The SMILES string of the molecule is COC(=O)NC(C(=O)N1CCCC1C(=O)Nc1ccc(CCc2ccc(NC(=O)C3CCCN3C(=O)C(NC(=O)O)C(C)C)cc2)cc1)C(C)C. The number of nitrogens with zero attached hydrogens (tertiary/aromatic N) is 2. The molecule has 51 heavy (non-hydrogen) atoms. The van der Waals surface area contributed by atoms with Crippen molar-refractivity contribution in [1.82, 2.24) is 20.4 Å². The Morgan fingerprint density at radius 1 is 0.686 bits per heavy atom. The number of hydrogen-bond donors (Lipinski definition) is 5. The van der Waals surface area contributed by atoms with Gasteiger partial charge in [0.1, 0.15) is 24.2 Å². The van der Waals surface area contributed by atoms with Crippen LogP contribution in [0.2, 0.25) is 0 Å². The molecule has 0 aromatic heterocycles. The Kier molecular flexibility index (Phi) is 13.4. The summed E-state index contributed by atoms with van der Waals surface area (Å²) in [6, 6.07) is 12.0. The highest BCUT2D eigenvalue weighted by Gasteiger charge is 2.40. The molecule has 2 aliphatic rings. The van der Waals surface area contributed by atoms with E-state index in [1.165, 1.54) is 16.9 Å². The van der Waals surface area contributed by atoms with Crippen molar-refractivity contribution in [3.05, 3.63) is 59.7 Å². The van der Waals surface area contributed by atoms with Crippen molar-refractivity contribution in [1.29, 1.82) is 0 Å². The third-order valence-electron chi connectivity index (χ3n) is 9.43. The van der Waals surface area contributed by atoms with E-state index in [4.69, 9.17) is 5.11 Å². The van der Waals surface area contributed by atoms with Crippen LogP contribution in [-0.2, 0) is 36.8 Å². The van der Waals surface area contributed by atoms with Crippen LogP contribution in [0.5, 0.6) is 0 Å². The summed E-state index contributed by atoms with van der Waals surface area (Å²) in [5.41, 5.74) is 3.36. The molecule has 14 nitrogen and oxygen atoms in total. The fraction of sp³-hybridized carbons (Fsp3) is 0.514. The average Bonchev–Trinajstić information content (AvgIpc) is 3.80. The van der Waals surface area contributed by atoms with E-state index in [2.05, 4.69) is 26.0 Å². The maximum Gasteiger partial charge on any atom is 0.407 e. The second-order valence-corrected chi connectivity index (χ2v) is 13.8. The lowest BCUT2D eigenvalue weighted by Gasteiger charge is -2.30. The van der Waals surface area contributed by atoms with Gasteiger partial charge in [-0.3, -0.25) is 19.2 Å². The first-order valence-corrected chi connectivity index (χ1v) is 17.5. The van der Waals surface area contributed by atoms with E-state index in [9.17, 15) is 28.8 Å². The zero-order valence-corrected chi connectivity index (χ0v) is 29.9. The Hall–Kier alpha value is -5.14. The van der Waals surface area contributed by atoms with Crippen molar-refractivity contribution in [2.45, 2.75) is 90.4 Å². The van der Waals surface area contributed by atoms with Crippen LogP contribution in [-0.4, -0.2) is 95.1 Å². The molecule has 0 saturated carbocycles. The molecule has 2 saturated heterocycles. The zero-order chi connectivity index (χ0) is 37.2. The number of amides is 6. The van der Waals surface area contributed by atoms with Gasteiger partial charge in [0.15, 0.2) is 0 Å². The largest absolute Gasteiger partial charge is 0.465 e. The minimum Gasteiger partial charge on any atom is -0.465 e. The Balaban J connectivity index is 1.27. The molecule has 276 valence electrons. The number of alkyl carbamates (subject to hydrolysis) is 1. The molecular weight excluding hydrogens is 656 g/mol. The topological polar surface area (TPSA) is 186 Å². The third-order valence-corrected chi connectivity index (χ3v) is 9.43. The minimum absolute atomic E-state index is 0.186. The Labute approximate surface area is 298 Å². The highest BCUT2D eigenvalue weighted by Crippen LogP contribution is 2.24. The van der Waals surface area contributed by atoms with Gasteiger partial charge in [-0.05, 0) is 85.8 Å². The number of carbonyl (C=O) groups is 6. The second-order valence-electron chi connectivity index (χ2n) is 13.8. The van der Waals surface area contributed by atoms with Crippen LogP contribution in [0.15, 0.2) is 48.5 Å². The van der Waals surface area contributed by atoms with E-state index in [-0.39, 0.29) is 29.6 Å². The summed E-state index contributed by atoms with van der Waals surface area (Å²) >= 11 is 0. The molecule has 2 heterocycles. The van der Waals surface area contributed by atoms with Crippen molar-refractivity contribution < 1.29 is 38.6 Å². The predicted octanol–water partition coefficient (Wildman–Crippen LogP) is 4.00. The molecule has 5 N–H and O–H groups in total. The first-order valence-electron chi connectivity index (χ1n) is 17.5. The number of aryl methyl sites for hydroxylation is 2. The van der Waals surface area contributed by atoms with Gasteiger partial charge in [-0.15, -0.1) is 0 Å². The maximum absolute atomic E-state index is 13.3. The Morgan fingerprint density at radius 2 is 1.08 bits per heavy atom. The number of nitrogens with one attached hydrogen (secondary N) is 4. The summed E-state index contributed by atoms with van der Waals surface area (Å²) in [7, 11) is 1.24. The Bertz CT molecular complexity index is 1560. The quantitative estimate of drug-likeness (QED) is 0.207. The molecule has 4 unspecified atom stereocenters. The number of rotatable bonds is 13. The second kappa shape index (κ2) is 17.7. The summed E-state index contributed by atoms with van der Waals surface area (Å²) in [6.45, 7) is 8.00. The predicted molar refractivity (Wildman–Crippen MR) is 191 cm³/mol. The summed E-state index contributed by atoms with van der Waals surface area (Å²) < 4.78 is 4.67. The summed E-state index contributed by atoms with van der Waals surface area (Å²) in [6.07, 6.45) is 1.90. The molecule has 2 aromatic carbocycles. The van der Waals surface area contributed by atoms with Crippen molar-refractivity contribution in [2.24, 2.45) is 11.8 Å². The van der Waals surface area contributed by atoms with E-state index in [1.807, 2.05) is 62.4 Å². The molecule has 0 aliphatic carbocycles. The number of likely N-dealkylation sites (tertiary alicyclic amines) is 2. The molecule has 6 amide bonds. The van der Waals surface area contributed by atoms with Gasteiger partial charge in [0.25, 0.3) is 0 Å². The van der Waals surface area contributed by atoms with Crippen LogP contribution in [0.4, 0.5) is 21.0 Å². The monoisotopic (exact) mass is 706 g/mol. The van der Waals surface area contributed by atoms with Gasteiger partial charge in [0.2, 0.25) is 23.6 Å². The van der Waals surface area contributed by atoms with Crippen LogP contribution in [0.25, 0.3) is 0 Å². The van der Waals surface area contributed by atoms with E-state index >= 15 is 0 Å². The summed E-state index contributed by atoms with van der Waals surface area (Å²) in [5, 5.41) is 19.9. The smallest absolute Gasteiger partial charge is 0.407 e. The van der Waals surface area contributed by atoms with E-state index < -0.39 is 42.3 Å². The van der Waals surface area contributed by atoms with Gasteiger partial charge >= 0.3 is 12.2 Å². The number of methoxy groups -OCH3 is 1. The highest BCUT2D eigenvalue weighted by molar-refractivity contribution is 5.99. The van der Waals surface area contributed by atoms with Gasteiger partial charge in [0, 0.05) is 24.5 Å². The fourth-order valence-corrected chi connectivity index (χ4v) is 6.56. The van der Waals surface area contributed by atoms with Crippen LogP contribution in [0, 0.1) is 11.8 Å². The molecule has 0 bridgehead atoms. The van der Waals surface area contributed by atoms with Crippen LogP contribution >= 0.6 is 0 Å². The maximum atomic E-state index is 13.3. The van der Waals surface area contributed by atoms with E-state index in [1.54, 1.807) is 13.8 Å². The van der Waals surface area contributed by atoms with Crippen LogP contribution in [0.3, 0.4) is 0 Å². The minimum atomic E-state index is -1.28. The first kappa shape index (κ1) is 38.7. The van der Waals surface area contributed by atoms with E-state index in [0.29, 0.717) is 50.1 Å². The molecule has 2 aromatic rings. The van der Waals surface area contributed by atoms with Gasteiger partial charge in [-0.25, -0.2) is 9.59 Å². The molecule has 2 fully saturated rings. The molecule has 0 spiro atoms. The first-order chi connectivity index (χ1) is 24.3. The van der Waals surface area contributed by atoms with Gasteiger partial charge < -0.3 is 40.9 Å². The Morgan fingerprint density at radius 3 is 1.43 bits per heavy atom. The lowest BCUT2D eigenvalue weighted by Crippen LogP contribution is -2.54. The van der Waals surface area contributed by atoms with Crippen molar-refractivity contribution >= 4 is 47.2 Å². The van der Waals surface area contributed by atoms with Crippen molar-refractivity contribution in [2.75, 3.05) is 30.8 Å². The number of benzene rings is 2. The van der Waals surface area contributed by atoms with Crippen LogP contribution in [0.1, 0.15) is 64.5 Å². The van der Waals surface area contributed by atoms with Crippen molar-refractivity contribution in [3.63, 3.8) is 0 Å². The highest BCUT2D eigenvalue weighted by atomic mass is 16.5. The number of anilines is 2. The lowest BCUT2D eigenvalue weighted by atomic mass is 10.0. The molecule has 0 radical (unpaired) electrons. The van der Waals surface area contributed by atoms with Crippen LogP contribution < -0.4 is 21.3 Å². The summed E-state index contributed by atoms with van der Waals surface area (Å²) in [4.78, 5) is 78.8. The molecule has 2 aliphatic heterocycles. The van der Waals surface area contributed by atoms with E-state index in [0.717, 1.165) is 24.0 Å². The fourth-order valence-electron chi connectivity index (χ4n) is 6.56. The summed E-state index contributed by atoms with van der Waals surface area (Å²) in [5.74, 6) is -1.73. The molecular formula is C37H50N6O8. The normalized spacial score (nSPS) is 18.3. The molecule has 4 atom stereocenters. The molecule has 4 rings (SSSR count). The number of ether oxygens (including phenoxy) is 1. The molecule has 14 heteroatoms. The number of carbonyl (C=O) groups excluding carboxylic acids is 5. The zero-order valence-electron chi connectivity index (χ0n) is 29.9. The standard InChI is InChI=1S/C37H50N6O8/c1-22(2)30(40-36(48)49)34(46)42-20-6-8-28(42)32(44)38-26-16-12-24(13-17-26)10-11-25-14-18-27(19-15-25)39-33(45)29-9-7-21-43(29)35(47)31(23(3)4)41-37(50)51-5/h12-19,22-23,28-31,40H,6-11,20-21H2,1-5H3,(H,38,44)(H,39,45)(H,41,50)(H,48,49). The van der Waals surface area contributed by atoms with Gasteiger partial charge in [-0.1, -0.05) is 52.0 Å². The van der Waals surface area contributed by atoms with Gasteiger partial charge in [0.05, 0.1) is 7.11 Å². The number of hydrogen-bond acceptors (Lipinski definition) is 7. The lowest BCUT2D eigenvalue weighted by molar-refractivity contribution is -0.139.